The summed E-state index contributed by atoms with van der Waals surface area (Å²) in [4.78, 5) is 23.5. The molecule has 0 amide bonds. The predicted molar refractivity (Wildman–Crippen MR) is 77.3 cm³/mol. The minimum absolute atomic E-state index is 0.0375. The number of rotatable bonds is 4. The van der Waals surface area contributed by atoms with E-state index >= 15 is 0 Å². The fourth-order valence-corrected chi connectivity index (χ4v) is 2.21. The summed E-state index contributed by atoms with van der Waals surface area (Å²) in [5.74, 6) is -1.35. The van der Waals surface area contributed by atoms with Crippen LogP contribution in [0.15, 0.2) is 30.3 Å². The van der Waals surface area contributed by atoms with Crippen molar-refractivity contribution in [2.24, 2.45) is 0 Å². The molecule has 0 fully saturated rings. The summed E-state index contributed by atoms with van der Waals surface area (Å²) in [6.45, 7) is 1.97. The Morgan fingerprint density at radius 2 is 1.95 bits per heavy atom. The maximum Gasteiger partial charge on any atom is 0.341 e. The number of fused-ring (bicyclic) bond motifs is 1. The number of phenolic OH excluding ortho intramolecular Hbond substituents is 1. The van der Waals surface area contributed by atoms with E-state index in [2.05, 4.69) is 4.74 Å². The van der Waals surface area contributed by atoms with Crippen molar-refractivity contribution in [1.29, 1.82) is 0 Å². The second-order valence-corrected chi connectivity index (χ2v) is 4.45. The highest BCUT2D eigenvalue weighted by molar-refractivity contribution is 6.01. The van der Waals surface area contributed by atoms with Crippen LogP contribution in [0.3, 0.4) is 0 Å². The third-order valence-corrected chi connectivity index (χ3v) is 3.16. The van der Waals surface area contributed by atoms with Crippen LogP contribution in [-0.4, -0.2) is 30.8 Å². The van der Waals surface area contributed by atoms with E-state index in [9.17, 15) is 14.7 Å². The van der Waals surface area contributed by atoms with E-state index in [4.69, 9.17) is 4.74 Å². The number of carbonyl (C=O) groups excluding carboxylic acids is 2. The van der Waals surface area contributed by atoms with Gasteiger partial charge in [0.25, 0.3) is 0 Å². The summed E-state index contributed by atoms with van der Waals surface area (Å²) in [5, 5.41) is 11.7. The molecule has 21 heavy (non-hydrogen) atoms. The number of esters is 2. The summed E-state index contributed by atoms with van der Waals surface area (Å²) in [5.41, 5.74) is 0.405. The molecule has 0 aliphatic heterocycles. The van der Waals surface area contributed by atoms with Gasteiger partial charge in [0.15, 0.2) is 0 Å². The third-order valence-electron chi connectivity index (χ3n) is 3.16. The molecule has 0 bridgehead atoms. The molecule has 2 rings (SSSR count). The second-order valence-electron chi connectivity index (χ2n) is 4.45. The van der Waals surface area contributed by atoms with E-state index in [-0.39, 0.29) is 24.3 Å². The van der Waals surface area contributed by atoms with Crippen molar-refractivity contribution in [3.63, 3.8) is 0 Å². The molecule has 0 heterocycles. The number of aromatic hydroxyl groups is 1. The summed E-state index contributed by atoms with van der Waals surface area (Å²) >= 11 is 0. The smallest absolute Gasteiger partial charge is 0.341 e. The molecule has 0 spiro atoms. The quantitative estimate of drug-likeness (QED) is 0.875. The van der Waals surface area contributed by atoms with Crippen LogP contribution >= 0.6 is 0 Å². The SMILES string of the molecule is CCOC(=O)Cc1c(O)c(C(=O)OC)cc2ccccc12. The number of hydrogen-bond acceptors (Lipinski definition) is 5. The average molecular weight is 288 g/mol. The monoisotopic (exact) mass is 288 g/mol. The van der Waals surface area contributed by atoms with Crippen molar-refractivity contribution in [2.45, 2.75) is 13.3 Å². The van der Waals surface area contributed by atoms with Gasteiger partial charge in [-0.25, -0.2) is 4.79 Å². The highest BCUT2D eigenvalue weighted by Gasteiger charge is 2.20. The van der Waals surface area contributed by atoms with Gasteiger partial charge in [0.1, 0.15) is 11.3 Å². The van der Waals surface area contributed by atoms with Gasteiger partial charge in [0, 0.05) is 5.56 Å². The lowest BCUT2D eigenvalue weighted by molar-refractivity contribution is -0.142. The van der Waals surface area contributed by atoms with Gasteiger partial charge in [0.2, 0.25) is 0 Å². The lowest BCUT2D eigenvalue weighted by Crippen LogP contribution is -2.10. The maximum absolute atomic E-state index is 11.7. The highest BCUT2D eigenvalue weighted by Crippen LogP contribution is 2.32. The molecule has 0 aromatic heterocycles. The number of benzene rings is 2. The fourth-order valence-electron chi connectivity index (χ4n) is 2.21. The van der Waals surface area contributed by atoms with Crippen LogP contribution in [0.1, 0.15) is 22.8 Å². The number of ether oxygens (including phenoxy) is 2. The first kappa shape index (κ1) is 14.8. The molecule has 2 aromatic rings. The van der Waals surface area contributed by atoms with Crippen molar-refractivity contribution in [3.05, 3.63) is 41.5 Å². The predicted octanol–water partition coefficient (Wildman–Crippen LogP) is 2.44. The lowest BCUT2D eigenvalue weighted by Gasteiger charge is -2.12. The summed E-state index contributed by atoms with van der Waals surface area (Å²) in [6, 6.07) is 8.74. The number of phenols is 1. The minimum Gasteiger partial charge on any atom is -0.507 e. The molecule has 0 aliphatic carbocycles. The van der Waals surface area contributed by atoms with Crippen LogP contribution in [-0.2, 0) is 20.7 Å². The Labute approximate surface area is 122 Å². The minimum atomic E-state index is -0.650. The number of hydrogen-bond donors (Lipinski definition) is 1. The summed E-state index contributed by atoms with van der Waals surface area (Å²) < 4.78 is 9.57. The van der Waals surface area contributed by atoms with Gasteiger partial charge in [-0.3, -0.25) is 4.79 Å². The van der Waals surface area contributed by atoms with Crippen LogP contribution in [0, 0.1) is 0 Å². The van der Waals surface area contributed by atoms with Crippen molar-refractivity contribution in [3.8, 4) is 5.75 Å². The summed E-state index contributed by atoms with van der Waals surface area (Å²) in [7, 11) is 1.24. The largest absolute Gasteiger partial charge is 0.507 e. The van der Waals surface area contributed by atoms with Crippen molar-refractivity contribution >= 4 is 22.7 Å². The van der Waals surface area contributed by atoms with Crippen LogP contribution in [0.5, 0.6) is 5.75 Å². The van der Waals surface area contributed by atoms with Crippen LogP contribution in [0.25, 0.3) is 10.8 Å². The van der Waals surface area contributed by atoms with E-state index in [1.54, 1.807) is 31.2 Å². The van der Waals surface area contributed by atoms with Crippen molar-refractivity contribution < 1.29 is 24.2 Å². The molecule has 1 N–H and O–H groups in total. The van der Waals surface area contributed by atoms with Crippen molar-refractivity contribution in [2.75, 3.05) is 13.7 Å². The second kappa shape index (κ2) is 6.26. The molecule has 5 heteroatoms. The molecular formula is C16H16O5. The van der Waals surface area contributed by atoms with Crippen LogP contribution < -0.4 is 0 Å². The normalized spacial score (nSPS) is 10.4. The van der Waals surface area contributed by atoms with Gasteiger partial charge in [-0.2, -0.15) is 0 Å². The Morgan fingerprint density at radius 3 is 2.62 bits per heavy atom. The zero-order valence-electron chi connectivity index (χ0n) is 11.9. The number of carbonyl (C=O) groups is 2. The zero-order chi connectivity index (χ0) is 15.4. The molecule has 5 nitrogen and oxygen atoms in total. The molecule has 0 unspecified atom stereocenters. The third kappa shape index (κ3) is 2.97. The molecule has 0 aliphatic rings. The van der Waals surface area contributed by atoms with Gasteiger partial charge in [-0.1, -0.05) is 24.3 Å². The average Bonchev–Trinajstić information content (AvgIpc) is 2.49. The molecule has 0 saturated heterocycles. The molecule has 0 radical (unpaired) electrons. The van der Waals surface area contributed by atoms with E-state index in [1.807, 2.05) is 6.07 Å². The zero-order valence-corrected chi connectivity index (χ0v) is 11.9. The highest BCUT2D eigenvalue weighted by atomic mass is 16.5. The van der Waals surface area contributed by atoms with Gasteiger partial charge >= 0.3 is 11.9 Å². The topological polar surface area (TPSA) is 72.8 Å². The maximum atomic E-state index is 11.7. The Bertz CT molecular complexity index is 690. The van der Waals surface area contributed by atoms with Gasteiger partial charge in [-0.15, -0.1) is 0 Å². The van der Waals surface area contributed by atoms with Crippen molar-refractivity contribution in [1.82, 2.24) is 0 Å². The van der Waals surface area contributed by atoms with Crippen LogP contribution in [0.4, 0.5) is 0 Å². The Hall–Kier alpha value is -2.56. The van der Waals surface area contributed by atoms with E-state index in [0.29, 0.717) is 10.9 Å². The van der Waals surface area contributed by atoms with E-state index < -0.39 is 11.9 Å². The molecule has 2 aromatic carbocycles. The standard InChI is InChI=1S/C16H16O5/c1-3-21-14(17)9-12-11-7-5-4-6-10(11)8-13(15(12)18)16(19)20-2/h4-8,18H,3,9H2,1-2H3. The van der Waals surface area contributed by atoms with E-state index in [0.717, 1.165) is 5.39 Å². The molecule has 0 saturated carbocycles. The first-order valence-electron chi connectivity index (χ1n) is 6.56. The molecule has 110 valence electrons. The molecular weight excluding hydrogens is 272 g/mol. The number of methoxy groups -OCH3 is 1. The van der Waals surface area contributed by atoms with E-state index in [1.165, 1.54) is 7.11 Å². The van der Waals surface area contributed by atoms with Gasteiger partial charge in [-0.05, 0) is 23.8 Å². The Kier molecular flexibility index (Phi) is 4.42. The van der Waals surface area contributed by atoms with Gasteiger partial charge in [0.05, 0.1) is 20.1 Å². The fraction of sp³-hybridized carbons (Fsp3) is 0.250. The Balaban J connectivity index is 2.61. The Morgan fingerprint density at radius 1 is 1.24 bits per heavy atom. The van der Waals surface area contributed by atoms with Gasteiger partial charge < -0.3 is 14.6 Å². The summed E-state index contributed by atoms with van der Waals surface area (Å²) in [6.07, 6.45) is -0.106. The molecule has 0 atom stereocenters. The first-order valence-corrected chi connectivity index (χ1v) is 6.56. The van der Waals surface area contributed by atoms with Crippen LogP contribution in [0.2, 0.25) is 0 Å². The first-order chi connectivity index (χ1) is 10.1. The lowest BCUT2D eigenvalue weighted by atomic mass is 9.97.